The van der Waals surface area contributed by atoms with Crippen molar-refractivity contribution in [1.82, 2.24) is 0 Å². The van der Waals surface area contributed by atoms with Gasteiger partial charge in [0.2, 0.25) is 11.8 Å². The van der Waals surface area contributed by atoms with Crippen LogP contribution in [0.3, 0.4) is 0 Å². The number of hydrogen-bond acceptors (Lipinski definition) is 4. The van der Waals surface area contributed by atoms with E-state index < -0.39 is 0 Å². The number of hydrogen-bond donors (Lipinski definition) is 3. The minimum absolute atomic E-state index is 0.0685. The second kappa shape index (κ2) is 8.39. The molecule has 6 heteroatoms. The van der Waals surface area contributed by atoms with Gasteiger partial charge in [-0.2, -0.15) is 0 Å². The Bertz CT molecular complexity index is 485. The maximum Gasteiger partial charge on any atom is 0.227 e. The molecule has 6 nitrogen and oxygen atoms in total. The third-order valence-electron chi connectivity index (χ3n) is 2.95. The van der Waals surface area contributed by atoms with E-state index >= 15 is 0 Å². The van der Waals surface area contributed by atoms with E-state index in [-0.39, 0.29) is 36.8 Å². The lowest BCUT2D eigenvalue weighted by atomic mass is 10.2. The van der Waals surface area contributed by atoms with Crippen LogP contribution in [0.1, 0.15) is 20.3 Å². The second-order valence-corrected chi connectivity index (χ2v) is 5.07. The summed E-state index contributed by atoms with van der Waals surface area (Å²) in [4.78, 5) is 23.5. The fraction of sp³-hybridized carbons (Fsp3) is 0.467. The topological polar surface area (TPSA) is 93.4 Å². The van der Waals surface area contributed by atoms with E-state index in [1.807, 2.05) is 13.8 Å². The van der Waals surface area contributed by atoms with Gasteiger partial charge in [-0.25, -0.2) is 0 Å². The number of nitrogens with one attached hydrogen (secondary N) is 2. The Kier molecular flexibility index (Phi) is 6.84. The first-order valence-corrected chi connectivity index (χ1v) is 6.90. The van der Waals surface area contributed by atoms with Gasteiger partial charge in [0.05, 0.1) is 12.5 Å². The van der Waals surface area contributed by atoms with E-state index in [2.05, 4.69) is 10.6 Å². The van der Waals surface area contributed by atoms with Crippen LogP contribution in [0.2, 0.25) is 0 Å². The molecule has 0 fully saturated rings. The van der Waals surface area contributed by atoms with Crippen LogP contribution in [-0.2, 0) is 14.3 Å². The van der Waals surface area contributed by atoms with Crippen LogP contribution in [0.25, 0.3) is 0 Å². The Hall–Kier alpha value is -1.92. The molecule has 2 amide bonds. The van der Waals surface area contributed by atoms with Crippen molar-refractivity contribution in [3.05, 3.63) is 24.3 Å². The van der Waals surface area contributed by atoms with Crippen molar-refractivity contribution in [2.45, 2.75) is 26.4 Å². The number of rotatable bonds is 7. The summed E-state index contributed by atoms with van der Waals surface area (Å²) in [6.07, 6.45) is -0.107. The van der Waals surface area contributed by atoms with E-state index in [0.29, 0.717) is 11.4 Å². The Morgan fingerprint density at radius 1 is 1.24 bits per heavy atom. The maximum atomic E-state index is 11.8. The summed E-state index contributed by atoms with van der Waals surface area (Å²) in [5.74, 6) is -0.351. The number of ether oxygens (including phenoxy) is 1. The van der Waals surface area contributed by atoms with Gasteiger partial charge >= 0.3 is 0 Å². The molecule has 1 rings (SSSR count). The first-order chi connectivity index (χ1) is 9.96. The highest BCUT2D eigenvalue weighted by atomic mass is 16.5. The Labute approximate surface area is 125 Å². The molecule has 0 spiro atoms. The van der Waals surface area contributed by atoms with Gasteiger partial charge in [0, 0.05) is 30.9 Å². The SMILES string of the molecule is COC(CN)CC(=O)Nc1cccc(NC(=O)C(C)C)c1. The van der Waals surface area contributed by atoms with Gasteiger partial charge in [-0.3, -0.25) is 9.59 Å². The summed E-state index contributed by atoms with van der Waals surface area (Å²) in [5.41, 5.74) is 6.75. The minimum atomic E-state index is -0.297. The van der Waals surface area contributed by atoms with E-state index in [4.69, 9.17) is 10.5 Å². The molecule has 4 N–H and O–H groups in total. The van der Waals surface area contributed by atoms with Crippen molar-refractivity contribution in [2.24, 2.45) is 11.7 Å². The van der Waals surface area contributed by atoms with Crippen molar-refractivity contribution < 1.29 is 14.3 Å². The Morgan fingerprint density at radius 3 is 2.38 bits per heavy atom. The van der Waals surface area contributed by atoms with Crippen molar-refractivity contribution in [3.8, 4) is 0 Å². The number of nitrogens with two attached hydrogens (primary N) is 1. The standard InChI is InChI=1S/C15H23N3O3/c1-10(2)15(20)18-12-6-4-5-11(7-12)17-14(19)8-13(9-16)21-3/h4-7,10,13H,8-9,16H2,1-3H3,(H,17,19)(H,18,20). The average Bonchev–Trinajstić information content (AvgIpc) is 2.44. The minimum Gasteiger partial charge on any atom is -0.380 e. The van der Waals surface area contributed by atoms with Crippen LogP contribution < -0.4 is 16.4 Å². The lowest BCUT2D eigenvalue weighted by Gasteiger charge is -2.13. The third kappa shape index (κ3) is 5.93. The van der Waals surface area contributed by atoms with Gasteiger partial charge in [0.25, 0.3) is 0 Å². The molecular formula is C15H23N3O3. The highest BCUT2D eigenvalue weighted by Crippen LogP contribution is 2.16. The van der Waals surface area contributed by atoms with E-state index in [9.17, 15) is 9.59 Å². The van der Waals surface area contributed by atoms with E-state index in [1.165, 1.54) is 7.11 Å². The maximum absolute atomic E-state index is 11.8. The van der Waals surface area contributed by atoms with E-state index in [0.717, 1.165) is 0 Å². The Morgan fingerprint density at radius 2 is 1.86 bits per heavy atom. The highest BCUT2D eigenvalue weighted by Gasteiger charge is 2.12. The summed E-state index contributed by atoms with van der Waals surface area (Å²) in [7, 11) is 1.52. The third-order valence-corrected chi connectivity index (χ3v) is 2.95. The molecule has 0 bridgehead atoms. The molecule has 1 aromatic rings. The molecule has 1 aromatic carbocycles. The molecule has 0 aliphatic rings. The zero-order chi connectivity index (χ0) is 15.8. The first kappa shape index (κ1) is 17.1. The van der Waals surface area contributed by atoms with Crippen LogP contribution in [0, 0.1) is 5.92 Å². The Balaban J connectivity index is 2.64. The molecule has 116 valence electrons. The van der Waals surface area contributed by atoms with Gasteiger partial charge in [0.15, 0.2) is 0 Å². The molecule has 21 heavy (non-hydrogen) atoms. The van der Waals surface area contributed by atoms with Crippen molar-refractivity contribution >= 4 is 23.2 Å². The summed E-state index contributed by atoms with van der Waals surface area (Å²) in [6, 6.07) is 7.01. The quantitative estimate of drug-likeness (QED) is 0.711. The van der Waals surface area contributed by atoms with Crippen molar-refractivity contribution in [1.29, 1.82) is 0 Å². The summed E-state index contributed by atoms with van der Waals surface area (Å²) in [6.45, 7) is 3.92. The van der Waals surface area contributed by atoms with Crippen LogP contribution in [0.5, 0.6) is 0 Å². The smallest absolute Gasteiger partial charge is 0.227 e. The molecule has 0 aliphatic carbocycles. The molecule has 0 aromatic heterocycles. The van der Waals surface area contributed by atoms with Crippen LogP contribution in [-0.4, -0.2) is 31.6 Å². The van der Waals surface area contributed by atoms with Gasteiger partial charge in [0.1, 0.15) is 0 Å². The fourth-order valence-electron chi connectivity index (χ4n) is 1.64. The van der Waals surface area contributed by atoms with Crippen molar-refractivity contribution in [2.75, 3.05) is 24.3 Å². The highest BCUT2D eigenvalue weighted by molar-refractivity contribution is 5.94. The van der Waals surface area contributed by atoms with Crippen LogP contribution in [0.4, 0.5) is 11.4 Å². The fourth-order valence-corrected chi connectivity index (χ4v) is 1.64. The number of methoxy groups -OCH3 is 1. The predicted molar refractivity (Wildman–Crippen MR) is 83.0 cm³/mol. The van der Waals surface area contributed by atoms with Gasteiger partial charge in [-0.05, 0) is 18.2 Å². The number of carbonyl (C=O) groups excluding carboxylic acids is 2. The predicted octanol–water partition coefficient (Wildman–Crippen LogP) is 1.58. The van der Waals surface area contributed by atoms with Gasteiger partial charge < -0.3 is 21.1 Å². The zero-order valence-corrected chi connectivity index (χ0v) is 12.7. The second-order valence-electron chi connectivity index (χ2n) is 5.07. The summed E-state index contributed by atoms with van der Waals surface area (Å²) < 4.78 is 5.07. The molecule has 0 heterocycles. The van der Waals surface area contributed by atoms with Gasteiger partial charge in [-0.15, -0.1) is 0 Å². The number of anilines is 2. The normalized spacial score (nSPS) is 12.0. The molecule has 1 atom stereocenters. The first-order valence-electron chi connectivity index (χ1n) is 6.90. The molecule has 0 saturated carbocycles. The molecular weight excluding hydrogens is 270 g/mol. The number of benzene rings is 1. The largest absolute Gasteiger partial charge is 0.380 e. The molecule has 1 unspecified atom stereocenters. The number of carbonyl (C=O) groups is 2. The lowest BCUT2D eigenvalue weighted by Crippen LogP contribution is -2.28. The molecule has 0 radical (unpaired) electrons. The summed E-state index contributed by atoms with van der Waals surface area (Å²) in [5, 5.41) is 5.54. The zero-order valence-electron chi connectivity index (χ0n) is 12.7. The summed E-state index contributed by atoms with van der Waals surface area (Å²) >= 11 is 0. The lowest BCUT2D eigenvalue weighted by molar-refractivity contribution is -0.119. The van der Waals surface area contributed by atoms with Crippen LogP contribution >= 0.6 is 0 Å². The monoisotopic (exact) mass is 293 g/mol. The van der Waals surface area contributed by atoms with E-state index in [1.54, 1.807) is 24.3 Å². The number of amides is 2. The average molecular weight is 293 g/mol. The van der Waals surface area contributed by atoms with Crippen LogP contribution in [0.15, 0.2) is 24.3 Å². The molecule has 0 aliphatic heterocycles. The van der Waals surface area contributed by atoms with Gasteiger partial charge in [-0.1, -0.05) is 19.9 Å². The molecule has 0 saturated heterocycles. The van der Waals surface area contributed by atoms with Crippen molar-refractivity contribution in [3.63, 3.8) is 0 Å².